The molecule has 1 amide bonds. The number of aromatic nitrogens is 3. The third-order valence-electron chi connectivity index (χ3n) is 4.66. The van der Waals surface area contributed by atoms with Gasteiger partial charge in [0.25, 0.3) is 0 Å². The Morgan fingerprint density at radius 1 is 1.17 bits per heavy atom. The number of carbonyl (C=O) groups is 1. The number of amides is 1. The average molecular weight is 407 g/mol. The molecule has 0 unspecified atom stereocenters. The molecule has 29 heavy (non-hydrogen) atoms. The van der Waals surface area contributed by atoms with Gasteiger partial charge in [0.1, 0.15) is 0 Å². The van der Waals surface area contributed by atoms with Crippen molar-refractivity contribution in [3.63, 3.8) is 0 Å². The molecule has 0 fully saturated rings. The summed E-state index contributed by atoms with van der Waals surface area (Å²) in [6.07, 6.45) is 2.82. The summed E-state index contributed by atoms with van der Waals surface area (Å²) in [5, 5.41) is 12.4. The van der Waals surface area contributed by atoms with E-state index < -0.39 is 0 Å². The van der Waals surface area contributed by atoms with Crippen LogP contribution in [-0.4, -0.2) is 26.4 Å². The Labute approximate surface area is 176 Å². The molecular formula is C23H26N4OS. The summed E-state index contributed by atoms with van der Waals surface area (Å²) in [5.74, 6) is 1.02. The van der Waals surface area contributed by atoms with Crippen molar-refractivity contribution >= 4 is 17.7 Å². The first-order valence-electron chi connectivity index (χ1n) is 9.73. The Bertz CT molecular complexity index is 951. The molecule has 5 nitrogen and oxygen atoms in total. The summed E-state index contributed by atoms with van der Waals surface area (Å²) in [6.45, 7) is 8.54. The minimum absolute atomic E-state index is 0.0310. The van der Waals surface area contributed by atoms with Crippen LogP contribution in [0, 0.1) is 0 Å². The highest BCUT2D eigenvalue weighted by Crippen LogP contribution is 2.24. The largest absolute Gasteiger partial charge is 0.349 e. The maximum Gasteiger partial charge on any atom is 0.230 e. The summed E-state index contributed by atoms with van der Waals surface area (Å²) in [4.78, 5) is 12.5. The minimum Gasteiger partial charge on any atom is -0.349 e. The third kappa shape index (κ3) is 5.35. The van der Waals surface area contributed by atoms with Gasteiger partial charge in [-0.3, -0.25) is 9.36 Å². The molecule has 150 valence electrons. The zero-order valence-corrected chi connectivity index (χ0v) is 17.7. The molecule has 1 aromatic heterocycles. The van der Waals surface area contributed by atoms with E-state index >= 15 is 0 Å². The first-order chi connectivity index (χ1) is 14.1. The van der Waals surface area contributed by atoms with Gasteiger partial charge in [-0.2, -0.15) is 0 Å². The Morgan fingerprint density at radius 3 is 2.55 bits per heavy atom. The van der Waals surface area contributed by atoms with Gasteiger partial charge < -0.3 is 5.32 Å². The van der Waals surface area contributed by atoms with Gasteiger partial charge in [0, 0.05) is 12.1 Å². The van der Waals surface area contributed by atoms with Crippen LogP contribution in [0.15, 0.2) is 72.4 Å². The van der Waals surface area contributed by atoms with Crippen LogP contribution in [0.2, 0.25) is 0 Å². The zero-order valence-electron chi connectivity index (χ0n) is 16.8. The standard InChI is InChI=1S/C23H26N4OS/c1-4-15-27-22(20-9-7-6-8-10-20)25-26-23(27)29-16-21(28)24-17(3)19-13-11-18(5-2)12-14-19/h4,6-14,17H,1,5,15-16H2,2-3H3,(H,24,28)/t17-/m0/s1. The summed E-state index contributed by atoms with van der Waals surface area (Å²) in [7, 11) is 0. The van der Waals surface area contributed by atoms with Crippen molar-refractivity contribution in [2.45, 2.75) is 38.0 Å². The van der Waals surface area contributed by atoms with E-state index in [0.717, 1.165) is 23.4 Å². The molecule has 3 rings (SSSR count). The van der Waals surface area contributed by atoms with Gasteiger partial charge in [-0.15, -0.1) is 16.8 Å². The Kier molecular flexibility index (Phi) is 7.25. The van der Waals surface area contributed by atoms with Crippen molar-refractivity contribution in [1.82, 2.24) is 20.1 Å². The molecule has 0 saturated heterocycles. The highest BCUT2D eigenvalue weighted by atomic mass is 32.2. The lowest BCUT2D eigenvalue weighted by Crippen LogP contribution is -2.28. The van der Waals surface area contributed by atoms with Crippen molar-refractivity contribution in [2.75, 3.05) is 5.75 Å². The highest BCUT2D eigenvalue weighted by Gasteiger charge is 2.16. The van der Waals surface area contributed by atoms with E-state index in [4.69, 9.17) is 0 Å². The minimum atomic E-state index is -0.0417. The summed E-state index contributed by atoms with van der Waals surface area (Å²) < 4.78 is 1.98. The molecule has 2 aromatic carbocycles. The van der Waals surface area contributed by atoms with E-state index in [1.807, 2.05) is 47.9 Å². The van der Waals surface area contributed by atoms with Crippen LogP contribution in [0.1, 0.15) is 31.0 Å². The monoisotopic (exact) mass is 406 g/mol. The van der Waals surface area contributed by atoms with Crippen molar-refractivity contribution < 1.29 is 4.79 Å². The van der Waals surface area contributed by atoms with Gasteiger partial charge in [-0.25, -0.2) is 0 Å². The summed E-state index contributed by atoms with van der Waals surface area (Å²) >= 11 is 1.38. The molecule has 1 heterocycles. The van der Waals surface area contributed by atoms with E-state index in [0.29, 0.717) is 11.7 Å². The van der Waals surface area contributed by atoms with Crippen molar-refractivity contribution in [2.24, 2.45) is 0 Å². The molecule has 0 saturated carbocycles. The number of carbonyl (C=O) groups excluding carboxylic acids is 1. The first-order valence-corrected chi connectivity index (χ1v) is 10.7. The maximum atomic E-state index is 12.5. The predicted molar refractivity (Wildman–Crippen MR) is 119 cm³/mol. The smallest absolute Gasteiger partial charge is 0.230 e. The van der Waals surface area contributed by atoms with Gasteiger partial charge in [0.05, 0.1) is 11.8 Å². The van der Waals surface area contributed by atoms with Crippen LogP contribution < -0.4 is 5.32 Å². The number of hydrogen-bond donors (Lipinski definition) is 1. The first kappa shape index (κ1) is 20.9. The van der Waals surface area contributed by atoms with Gasteiger partial charge in [0.15, 0.2) is 11.0 Å². The lowest BCUT2D eigenvalue weighted by molar-refractivity contribution is -0.119. The van der Waals surface area contributed by atoms with Crippen LogP contribution >= 0.6 is 11.8 Å². The average Bonchev–Trinajstić information content (AvgIpc) is 3.16. The molecule has 3 aromatic rings. The summed E-state index contributed by atoms with van der Waals surface area (Å²) in [6, 6.07) is 18.2. The van der Waals surface area contributed by atoms with E-state index in [2.05, 4.69) is 53.3 Å². The molecule has 1 atom stereocenters. The van der Waals surface area contributed by atoms with Gasteiger partial charge in [-0.05, 0) is 24.5 Å². The molecule has 6 heteroatoms. The van der Waals surface area contributed by atoms with Crippen molar-refractivity contribution in [3.8, 4) is 11.4 Å². The van der Waals surface area contributed by atoms with E-state index in [9.17, 15) is 4.79 Å². The van der Waals surface area contributed by atoms with E-state index in [1.165, 1.54) is 17.3 Å². The number of hydrogen-bond acceptors (Lipinski definition) is 4. The van der Waals surface area contributed by atoms with Crippen LogP contribution in [0.3, 0.4) is 0 Å². The highest BCUT2D eigenvalue weighted by molar-refractivity contribution is 7.99. The predicted octanol–water partition coefficient (Wildman–Crippen LogP) is 4.66. The molecular weight excluding hydrogens is 380 g/mol. The fourth-order valence-corrected chi connectivity index (χ4v) is 3.79. The molecule has 0 radical (unpaired) electrons. The van der Waals surface area contributed by atoms with Crippen LogP contribution in [0.25, 0.3) is 11.4 Å². The number of rotatable bonds is 9. The molecule has 1 N–H and O–H groups in total. The van der Waals surface area contributed by atoms with Crippen LogP contribution in [-0.2, 0) is 17.8 Å². The quantitative estimate of drug-likeness (QED) is 0.415. The fourth-order valence-electron chi connectivity index (χ4n) is 3.03. The molecule has 0 spiro atoms. The number of nitrogens with one attached hydrogen (secondary N) is 1. The Morgan fingerprint density at radius 2 is 1.90 bits per heavy atom. The lowest BCUT2D eigenvalue weighted by Gasteiger charge is -2.15. The molecule has 0 aliphatic rings. The topological polar surface area (TPSA) is 59.8 Å². The lowest BCUT2D eigenvalue weighted by atomic mass is 10.1. The molecule has 0 bridgehead atoms. The number of allylic oxidation sites excluding steroid dienone is 1. The SMILES string of the molecule is C=CCn1c(SCC(=O)N[C@@H](C)c2ccc(CC)cc2)nnc1-c1ccccc1. The fraction of sp³-hybridized carbons (Fsp3) is 0.261. The second-order valence-corrected chi connectivity index (χ2v) is 7.69. The van der Waals surface area contributed by atoms with Crippen LogP contribution in [0.4, 0.5) is 0 Å². The Hall–Kier alpha value is -2.86. The number of nitrogens with zero attached hydrogens (tertiary/aromatic N) is 3. The number of aryl methyl sites for hydroxylation is 1. The zero-order chi connectivity index (χ0) is 20.6. The second kappa shape index (κ2) is 10.1. The summed E-state index contributed by atoms with van der Waals surface area (Å²) in [5.41, 5.74) is 3.38. The van der Waals surface area contributed by atoms with E-state index in [1.54, 1.807) is 0 Å². The second-order valence-electron chi connectivity index (χ2n) is 6.74. The normalized spacial score (nSPS) is 11.8. The van der Waals surface area contributed by atoms with E-state index in [-0.39, 0.29) is 17.7 Å². The number of thioether (sulfide) groups is 1. The van der Waals surface area contributed by atoms with Crippen molar-refractivity contribution in [3.05, 3.63) is 78.4 Å². The van der Waals surface area contributed by atoms with Gasteiger partial charge in [-0.1, -0.05) is 79.4 Å². The maximum absolute atomic E-state index is 12.5. The van der Waals surface area contributed by atoms with Crippen LogP contribution in [0.5, 0.6) is 0 Å². The van der Waals surface area contributed by atoms with Crippen molar-refractivity contribution in [1.29, 1.82) is 0 Å². The third-order valence-corrected chi connectivity index (χ3v) is 5.63. The molecule has 0 aliphatic carbocycles. The van der Waals surface area contributed by atoms with Gasteiger partial charge >= 0.3 is 0 Å². The molecule has 0 aliphatic heterocycles. The van der Waals surface area contributed by atoms with Gasteiger partial charge in [0.2, 0.25) is 5.91 Å². The number of benzene rings is 2. The Balaban J connectivity index is 1.63.